The molecule has 3 rings (SSSR count). The van der Waals surface area contributed by atoms with Gasteiger partial charge in [0.25, 0.3) is 11.1 Å². The molecule has 0 radical (unpaired) electrons. The summed E-state index contributed by atoms with van der Waals surface area (Å²) in [6, 6.07) is 13.5. The highest BCUT2D eigenvalue weighted by atomic mass is 32.2. The highest BCUT2D eigenvalue weighted by Gasteiger charge is 2.37. The van der Waals surface area contributed by atoms with Crippen molar-refractivity contribution in [3.8, 4) is 5.75 Å². The second-order valence-corrected chi connectivity index (χ2v) is 7.22. The number of amides is 2. The lowest BCUT2D eigenvalue weighted by Crippen LogP contribution is -2.36. The first-order chi connectivity index (χ1) is 13.0. The van der Waals surface area contributed by atoms with Crippen molar-refractivity contribution in [2.45, 2.75) is 32.9 Å². The Labute approximate surface area is 162 Å². The van der Waals surface area contributed by atoms with Gasteiger partial charge in [0.15, 0.2) is 0 Å². The molecule has 27 heavy (non-hydrogen) atoms. The van der Waals surface area contributed by atoms with Crippen molar-refractivity contribution in [1.82, 2.24) is 4.90 Å². The van der Waals surface area contributed by atoms with E-state index in [1.807, 2.05) is 19.9 Å². The van der Waals surface area contributed by atoms with Gasteiger partial charge in [-0.15, -0.1) is 0 Å². The number of hydrogen-bond acceptors (Lipinski definition) is 4. The van der Waals surface area contributed by atoms with Gasteiger partial charge in [-0.1, -0.05) is 43.3 Å². The molecule has 0 aromatic heterocycles. The van der Waals surface area contributed by atoms with Crippen LogP contribution in [0.3, 0.4) is 0 Å². The molecule has 0 spiro atoms. The first kappa shape index (κ1) is 19.2. The molecular formula is C21H20FNO3S. The predicted molar refractivity (Wildman–Crippen MR) is 105 cm³/mol. The van der Waals surface area contributed by atoms with Crippen LogP contribution in [0, 0.1) is 5.82 Å². The average molecular weight is 385 g/mol. The Morgan fingerprint density at radius 1 is 1.15 bits per heavy atom. The number of imide groups is 1. The van der Waals surface area contributed by atoms with Crippen LogP contribution in [0.15, 0.2) is 53.4 Å². The monoisotopic (exact) mass is 385 g/mol. The number of carbonyl (C=O) groups is 2. The van der Waals surface area contributed by atoms with E-state index in [0.29, 0.717) is 28.2 Å². The molecule has 0 aliphatic carbocycles. The number of thioether (sulfide) groups is 1. The Hall–Kier alpha value is -2.60. The van der Waals surface area contributed by atoms with Gasteiger partial charge in [0.1, 0.15) is 18.2 Å². The first-order valence-electron chi connectivity index (χ1n) is 8.73. The molecular weight excluding hydrogens is 365 g/mol. The second kappa shape index (κ2) is 8.39. The molecule has 1 atom stereocenters. The molecule has 4 nitrogen and oxygen atoms in total. The minimum absolute atomic E-state index is 0.0753. The van der Waals surface area contributed by atoms with Gasteiger partial charge in [-0.05, 0) is 43.3 Å². The van der Waals surface area contributed by atoms with Crippen molar-refractivity contribution in [3.05, 3.63) is 70.4 Å². The minimum atomic E-state index is -0.329. The van der Waals surface area contributed by atoms with Crippen LogP contribution in [-0.4, -0.2) is 22.1 Å². The third-order valence-electron chi connectivity index (χ3n) is 4.40. The fraction of sp³-hybridized carbons (Fsp3) is 0.238. The van der Waals surface area contributed by atoms with E-state index in [1.165, 1.54) is 11.0 Å². The van der Waals surface area contributed by atoms with Gasteiger partial charge in [0.2, 0.25) is 0 Å². The highest BCUT2D eigenvalue weighted by Crippen LogP contribution is 2.35. The normalized spacial score (nSPS) is 16.9. The quantitative estimate of drug-likeness (QED) is 0.638. The zero-order valence-corrected chi connectivity index (χ0v) is 16.0. The van der Waals surface area contributed by atoms with Crippen molar-refractivity contribution in [2.75, 3.05) is 0 Å². The Bertz CT molecular complexity index is 897. The molecule has 1 aliphatic heterocycles. The van der Waals surface area contributed by atoms with E-state index in [4.69, 9.17) is 4.74 Å². The smallest absolute Gasteiger partial charge is 0.293 e. The van der Waals surface area contributed by atoms with Crippen LogP contribution < -0.4 is 4.74 Å². The summed E-state index contributed by atoms with van der Waals surface area (Å²) in [7, 11) is 0. The molecule has 140 valence electrons. The van der Waals surface area contributed by atoms with E-state index in [1.54, 1.807) is 42.5 Å². The van der Waals surface area contributed by atoms with Crippen LogP contribution in [0.5, 0.6) is 5.75 Å². The Balaban J connectivity index is 1.82. The highest BCUT2D eigenvalue weighted by molar-refractivity contribution is 8.18. The van der Waals surface area contributed by atoms with Gasteiger partial charge in [-0.2, -0.15) is 0 Å². The van der Waals surface area contributed by atoms with Gasteiger partial charge in [-0.25, -0.2) is 4.39 Å². The van der Waals surface area contributed by atoms with E-state index in [0.717, 1.165) is 11.8 Å². The topological polar surface area (TPSA) is 46.6 Å². The van der Waals surface area contributed by atoms with E-state index < -0.39 is 0 Å². The van der Waals surface area contributed by atoms with Gasteiger partial charge < -0.3 is 4.74 Å². The van der Waals surface area contributed by atoms with Crippen molar-refractivity contribution < 1.29 is 18.7 Å². The number of rotatable bonds is 6. The Morgan fingerprint density at radius 2 is 1.85 bits per heavy atom. The maximum atomic E-state index is 13.8. The summed E-state index contributed by atoms with van der Waals surface area (Å²) >= 11 is 0.929. The van der Waals surface area contributed by atoms with Gasteiger partial charge in [-0.3, -0.25) is 14.5 Å². The minimum Gasteiger partial charge on any atom is -0.488 e. The van der Waals surface area contributed by atoms with Crippen molar-refractivity contribution in [3.63, 3.8) is 0 Å². The van der Waals surface area contributed by atoms with Crippen molar-refractivity contribution in [2.24, 2.45) is 0 Å². The van der Waals surface area contributed by atoms with Crippen LogP contribution in [-0.2, 0) is 11.4 Å². The molecule has 0 bridgehead atoms. The van der Waals surface area contributed by atoms with Crippen LogP contribution in [0.1, 0.15) is 31.4 Å². The number of ether oxygens (including phenoxy) is 1. The molecule has 0 N–H and O–H groups in total. The summed E-state index contributed by atoms with van der Waals surface area (Å²) in [5, 5.41) is -0.259. The number of halogens is 1. The van der Waals surface area contributed by atoms with E-state index >= 15 is 0 Å². The summed E-state index contributed by atoms with van der Waals surface area (Å²) in [4.78, 5) is 26.4. The number of carbonyl (C=O) groups excluding carboxylic acids is 2. The van der Waals surface area contributed by atoms with Crippen LogP contribution in [0.4, 0.5) is 9.18 Å². The molecule has 1 fully saturated rings. The number of para-hydroxylation sites is 1. The maximum Gasteiger partial charge on any atom is 0.293 e. The standard InChI is InChI=1S/C21H20FNO3S/c1-3-14(2)23-20(24)19(27-21(23)25)12-15-8-5-7-11-18(15)26-13-16-9-4-6-10-17(16)22/h4-12,14H,3,13H2,1-2H3/b19-12+/t14-/m0/s1. The summed E-state index contributed by atoms with van der Waals surface area (Å²) < 4.78 is 19.6. The zero-order chi connectivity index (χ0) is 19.4. The second-order valence-electron chi connectivity index (χ2n) is 6.23. The molecule has 6 heteroatoms. The van der Waals surface area contributed by atoms with E-state index in [2.05, 4.69) is 0 Å². The summed E-state index contributed by atoms with van der Waals surface area (Å²) in [5.41, 5.74) is 1.12. The third-order valence-corrected chi connectivity index (χ3v) is 5.29. The van der Waals surface area contributed by atoms with Gasteiger partial charge >= 0.3 is 0 Å². The third kappa shape index (κ3) is 4.22. The van der Waals surface area contributed by atoms with E-state index in [9.17, 15) is 14.0 Å². The molecule has 2 aromatic rings. The maximum absolute atomic E-state index is 13.8. The number of benzene rings is 2. The fourth-order valence-corrected chi connectivity index (χ4v) is 3.61. The molecule has 0 saturated carbocycles. The molecule has 1 saturated heterocycles. The van der Waals surface area contributed by atoms with E-state index in [-0.39, 0.29) is 29.6 Å². The van der Waals surface area contributed by atoms with Crippen LogP contribution >= 0.6 is 11.8 Å². The van der Waals surface area contributed by atoms with Crippen molar-refractivity contribution in [1.29, 1.82) is 0 Å². The average Bonchev–Trinajstić information content (AvgIpc) is 2.95. The summed E-state index contributed by atoms with van der Waals surface area (Å²) in [6.07, 6.45) is 2.36. The number of hydrogen-bond donors (Lipinski definition) is 0. The Kier molecular flexibility index (Phi) is 5.96. The molecule has 1 aliphatic rings. The summed E-state index contributed by atoms with van der Waals surface area (Å²) in [5.74, 6) is -0.0935. The van der Waals surface area contributed by atoms with Crippen LogP contribution in [0.2, 0.25) is 0 Å². The number of nitrogens with zero attached hydrogens (tertiary/aromatic N) is 1. The molecule has 1 heterocycles. The van der Waals surface area contributed by atoms with Crippen LogP contribution in [0.25, 0.3) is 6.08 Å². The van der Waals surface area contributed by atoms with Gasteiger partial charge in [0.05, 0.1) is 4.91 Å². The first-order valence-corrected chi connectivity index (χ1v) is 9.55. The predicted octanol–water partition coefficient (Wildman–Crippen LogP) is 5.24. The molecule has 2 amide bonds. The molecule has 2 aromatic carbocycles. The lowest BCUT2D eigenvalue weighted by Gasteiger charge is -2.19. The van der Waals surface area contributed by atoms with Gasteiger partial charge in [0, 0.05) is 17.2 Å². The summed E-state index contributed by atoms with van der Waals surface area (Å²) in [6.45, 7) is 3.86. The fourth-order valence-electron chi connectivity index (χ4n) is 2.69. The zero-order valence-electron chi connectivity index (χ0n) is 15.1. The largest absolute Gasteiger partial charge is 0.488 e. The lowest BCUT2D eigenvalue weighted by molar-refractivity contribution is -0.124. The Morgan fingerprint density at radius 3 is 2.59 bits per heavy atom. The van der Waals surface area contributed by atoms with Crippen molar-refractivity contribution >= 4 is 29.0 Å². The SMILES string of the molecule is CC[C@H](C)N1C(=O)S/C(=C/c2ccccc2OCc2ccccc2F)C1=O. The molecule has 0 unspecified atom stereocenters. The lowest BCUT2D eigenvalue weighted by atomic mass is 10.1.